The Morgan fingerprint density at radius 1 is 1.29 bits per heavy atom. The number of Topliss-reactive ketones (excluding diaryl/α,β-unsaturated/α-hetero) is 1. The quantitative estimate of drug-likeness (QED) is 0.614. The van der Waals surface area contributed by atoms with Gasteiger partial charge >= 0.3 is 5.97 Å². The van der Waals surface area contributed by atoms with Crippen LogP contribution < -0.4 is 0 Å². The van der Waals surface area contributed by atoms with Gasteiger partial charge in [-0.2, -0.15) is 0 Å². The maximum absolute atomic E-state index is 11.6. The molecule has 2 atom stereocenters. The summed E-state index contributed by atoms with van der Waals surface area (Å²) in [6.45, 7) is 3.53. The SMILES string of the molecule is COC(=O)[C@H](C)CC(=O)C(C)N(C)C. The summed E-state index contributed by atoms with van der Waals surface area (Å²) in [7, 11) is 5.01. The molecule has 0 saturated carbocycles. The lowest BCUT2D eigenvalue weighted by Gasteiger charge is -2.19. The minimum atomic E-state index is -0.352. The topological polar surface area (TPSA) is 46.6 Å². The molecule has 0 amide bonds. The Hall–Kier alpha value is -0.900. The van der Waals surface area contributed by atoms with Crippen molar-refractivity contribution in [2.75, 3.05) is 21.2 Å². The van der Waals surface area contributed by atoms with E-state index in [1.54, 1.807) is 6.92 Å². The number of ketones is 1. The zero-order valence-corrected chi connectivity index (χ0v) is 9.53. The number of hydrogen-bond donors (Lipinski definition) is 0. The lowest BCUT2D eigenvalue weighted by Crippen LogP contribution is -2.34. The van der Waals surface area contributed by atoms with Gasteiger partial charge in [0.05, 0.1) is 19.1 Å². The summed E-state index contributed by atoms with van der Waals surface area (Å²) in [4.78, 5) is 24.4. The van der Waals surface area contributed by atoms with Crippen LogP contribution in [0, 0.1) is 5.92 Å². The zero-order valence-electron chi connectivity index (χ0n) is 9.53. The van der Waals surface area contributed by atoms with E-state index in [1.165, 1.54) is 7.11 Å². The molecule has 14 heavy (non-hydrogen) atoms. The second-order valence-corrected chi connectivity index (χ2v) is 3.73. The molecule has 0 rings (SSSR count). The van der Waals surface area contributed by atoms with Crippen LogP contribution >= 0.6 is 0 Å². The summed E-state index contributed by atoms with van der Waals surface area (Å²) in [5.41, 5.74) is 0. The standard InChI is InChI=1S/C10H19NO3/c1-7(10(13)14-5)6-9(12)8(2)11(3)4/h7-8H,6H2,1-5H3/t7-,8?/m1/s1. The fourth-order valence-corrected chi connectivity index (χ4v) is 1.04. The second-order valence-electron chi connectivity index (χ2n) is 3.73. The fraction of sp³-hybridized carbons (Fsp3) is 0.800. The number of rotatable bonds is 5. The van der Waals surface area contributed by atoms with Gasteiger partial charge in [-0.25, -0.2) is 0 Å². The molecule has 4 nitrogen and oxygen atoms in total. The molecule has 0 heterocycles. The molecule has 1 unspecified atom stereocenters. The third-order valence-corrected chi connectivity index (χ3v) is 2.35. The number of carbonyl (C=O) groups is 2. The van der Waals surface area contributed by atoms with Gasteiger partial charge in [0.25, 0.3) is 0 Å². The summed E-state index contributed by atoms with van der Waals surface area (Å²) < 4.78 is 4.55. The predicted octanol–water partition coefficient (Wildman–Crippen LogP) is 0.705. The molecule has 0 aromatic heterocycles. The Bertz CT molecular complexity index is 213. The van der Waals surface area contributed by atoms with E-state index >= 15 is 0 Å². The average Bonchev–Trinajstić information content (AvgIpc) is 2.14. The Kier molecular flexibility index (Phi) is 5.38. The smallest absolute Gasteiger partial charge is 0.308 e. The van der Waals surface area contributed by atoms with Crippen LogP contribution in [-0.2, 0) is 14.3 Å². The number of ether oxygens (including phenoxy) is 1. The molecule has 0 radical (unpaired) electrons. The number of likely N-dealkylation sites (N-methyl/N-ethyl adjacent to an activating group) is 1. The normalized spacial score (nSPS) is 15.0. The second kappa shape index (κ2) is 5.75. The van der Waals surface area contributed by atoms with E-state index < -0.39 is 0 Å². The molecule has 0 saturated heterocycles. The molecule has 0 bridgehead atoms. The van der Waals surface area contributed by atoms with Crippen molar-refractivity contribution < 1.29 is 14.3 Å². The third kappa shape index (κ3) is 3.87. The number of methoxy groups -OCH3 is 1. The van der Waals surface area contributed by atoms with Gasteiger partial charge in [-0.3, -0.25) is 14.5 Å². The van der Waals surface area contributed by atoms with Crippen LogP contribution in [-0.4, -0.2) is 43.9 Å². The van der Waals surface area contributed by atoms with Crippen molar-refractivity contribution in [3.05, 3.63) is 0 Å². The number of hydrogen-bond acceptors (Lipinski definition) is 4. The fourth-order valence-electron chi connectivity index (χ4n) is 1.04. The van der Waals surface area contributed by atoms with Gasteiger partial charge in [-0.1, -0.05) is 6.92 Å². The van der Waals surface area contributed by atoms with Crippen molar-refractivity contribution >= 4 is 11.8 Å². The molecular weight excluding hydrogens is 182 g/mol. The van der Waals surface area contributed by atoms with E-state index in [0.717, 1.165) is 0 Å². The molecule has 0 aliphatic rings. The summed E-state index contributed by atoms with van der Waals surface area (Å²) in [6, 6.07) is -0.151. The van der Waals surface area contributed by atoms with E-state index in [4.69, 9.17) is 0 Å². The van der Waals surface area contributed by atoms with Gasteiger partial charge in [-0.15, -0.1) is 0 Å². The molecule has 0 spiro atoms. The monoisotopic (exact) mass is 201 g/mol. The molecular formula is C10H19NO3. The number of esters is 1. The molecule has 82 valence electrons. The average molecular weight is 201 g/mol. The first-order valence-electron chi connectivity index (χ1n) is 4.67. The molecule has 0 N–H and O–H groups in total. The first-order chi connectivity index (χ1) is 6.40. The summed E-state index contributed by atoms with van der Waals surface area (Å²) in [6.07, 6.45) is 0.242. The van der Waals surface area contributed by atoms with Crippen LogP contribution in [0.1, 0.15) is 20.3 Å². The van der Waals surface area contributed by atoms with Crippen LogP contribution in [0.15, 0.2) is 0 Å². The van der Waals surface area contributed by atoms with Crippen molar-refractivity contribution in [1.82, 2.24) is 4.90 Å². The highest BCUT2D eigenvalue weighted by Gasteiger charge is 2.22. The number of carbonyl (C=O) groups excluding carboxylic acids is 2. The maximum Gasteiger partial charge on any atom is 0.308 e. The third-order valence-electron chi connectivity index (χ3n) is 2.35. The first kappa shape index (κ1) is 13.1. The minimum absolute atomic E-state index is 0.0629. The highest BCUT2D eigenvalue weighted by Crippen LogP contribution is 2.08. The van der Waals surface area contributed by atoms with Crippen molar-refractivity contribution in [2.24, 2.45) is 5.92 Å². The maximum atomic E-state index is 11.6. The first-order valence-corrected chi connectivity index (χ1v) is 4.67. The van der Waals surface area contributed by atoms with Gasteiger partial charge in [0.15, 0.2) is 5.78 Å². The van der Waals surface area contributed by atoms with Gasteiger partial charge in [-0.05, 0) is 21.0 Å². The van der Waals surface area contributed by atoms with E-state index in [-0.39, 0.29) is 30.1 Å². The van der Waals surface area contributed by atoms with Crippen molar-refractivity contribution in [3.8, 4) is 0 Å². The molecule has 0 fully saturated rings. The van der Waals surface area contributed by atoms with E-state index in [2.05, 4.69) is 4.74 Å². The summed E-state index contributed by atoms with van der Waals surface area (Å²) in [5, 5.41) is 0. The molecule has 0 aliphatic heterocycles. The van der Waals surface area contributed by atoms with Crippen LogP contribution in [0.2, 0.25) is 0 Å². The molecule has 4 heteroatoms. The van der Waals surface area contributed by atoms with Gasteiger partial charge < -0.3 is 4.74 Å². The molecule has 0 aliphatic carbocycles. The van der Waals surface area contributed by atoms with Gasteiger partial charge in [0.2, 0.25) is 0 Å². The highest BCUT2D eigenvalue weighted by molar-refractivity contribution is 5.87. The highest BCUT2D eigenvalue weighted by atomic mass is 16.5. The van der Waals surface area contributed by atoms with E-state index in [0.29, 0.717) is 0 Å². The van der Waals surface area contributed by atoms with Crippen LogP contribution in [0.3, 0.4) is 0 Å². The van der Waals surface area contributed by atoms with E-state index in [9.17, 15) is 9.59 Å². The summed E-state index contributed by atoms with van der Waals surface area (Å²) in [5.74, 6) is -0.618. The lowest BCUT2D eigenvalue weighted by atomic mass is 10.0. The Labute approximate surface area is 85.2 Å². The number of nitrogens with zero attached hydrogens (tertiary/aromatic N) is 1. The minimum Gasteiger partial charge on any atom is -0.469 e. The largest absolute Gasteiger partial charge is 0.469 e. The van der Waals surface area contributed by atoms with Gasteiger partial charge in [0.1, 0.15) is 0 Å². The van der Waals surface area contributed by atoms with Crippen LogP contribution in [0.4, 0.5) is 0 Å². The van der Waals surface area contributed by atoms with Crippen molar-refractivity contribution in [3.63, 3.8) is 0 Å². The van der Waals surface area contributed by atoms with Crippen LogP contribution in [0.25, 0.3) is 0 Å². The Balaban J connectivity index is 4.12. The van der Waals surface area contributed by atoms with Crippen LogP contribution in [0.5, 0.6) is 0 Å². The van der Waals surface area contributed by atoms with Crippen molar-refractivity contribution in [1.29, 1.82) is 0 Å². The van der Waals surface area contributed by atoms with Crippen molar-refractivity contribution in [2.45, 2.75) is 26.3 Å². The lowest BCUT2D eigenvalue weighted by molar-refractivity contribution is -0.146. The molecule has 0 aromatic carbocycles. The predicted molar refractivity (Wildman–Crippen MR) is 54.0 cm³/mol. The van der Waals surface area contributed by atoms with Gasteiger partial charge in [0, 0.05) is 6.42 Å². The molecule has 0 aromatic rings. The zero-order chi connectivity index (χ0) is 11.3. The summed E-state index contributed by atoms with van der Waals surface area (Å²) >= 11 is 0. The van der Waals surface area contributed by atoms with E-state index in [1.807, 2.05) is 25.9 Å². The Morgan fingerprint density at radius 2 is 1.79 bits per heavy atom. The Morgan fingerprint density at radius 3 is 2.14 bits per heavy atom.